The molecule has 1 saturated carbocycles. The summed E-state index contributed by atoms with van der Waals surface area (Å²) in [6.07, 6.45) is 11.2. The summed E-state index contributed by atoms with van der Waals surface area (Å²) in [5.74, 6) is 0.642. The van der Waals surface area contributed by atoms with Crippen LogP contribution in [0.4, 0.5) is 0 Å². The van der Waals surface area contributed by atoms with Crippen molar-refractivity contribution in [3.05, 3.63) is 25.3 Å². The summed E-state index contributed by atoms with van der Waals surface area (Å²) in [5, 5.41) is 0.282. The first-order valence-corrected chi connectivity index (χ1v) is 11.0. The van der Waals surface area contributed by atoms with Crippen molar-refractivity contribution in [1.82, 2.24) is 0 Å². The van der Waals surface area contributed by atoms with Crippen LogP contribution in [0, 0.1) is 5.92 Å². The molecule has 0 N–H and O–H groups in total. The zero-order valence-corrected chi connectivity index (χ0v) is 15.3. The molecule has 0 amide bonds. The van der Waals surface area contributed by atoms with Gasteiger partial charge in [0.15, 0.2) is 8.32 Å². The van der Waals surface area contributed by atoms with E-state index in [9.17, 15) is 0 Å². The molecule has 2 heteroatoms. The molecule has 2 atom stereocenters. The monoisotopic (exact) mass is 294 g/mol. The SMILES string of the molecule is C=CCCC[C@]1(O[Si](C)(C)C(C)(C)C)CCC(C=C)C1. The molecular weight excluding hydrogens is 260 g/mol. The van der Waals surface area contributed by atoms with Crippen molar-refractivity contribution in [1.29, 1.82) is 0 Å². The Bertz CT molecular complexity index is 340. The van der Waals surface area contributed by atoms with Gasteiger partial charge in [0, 0.05) is 0 Å². The zero-order valence-electron chi connectivity index (χ0n) is 14.3. The molecule has 0 radical (unpaired) electrons. The summed E-state index contributed by atoms with van der Waals surface area (Å²) in [4.78, 5) is 0. The quantitative estimate of drug-likeness (QED) is 0.313. The van der Waals surface area contributed by atoms with E-state index in [1.165, 1.54) is 32.1 Å². The third-order valence-electron chi connectivity index (χ3n) is 5.26. The Morgan fingerprint density at radius 2 is 1.95 bits per heavy atom. The maximum atomic E-state index is 6.89. The van der Waals surface area contributed by atoms with Gasteiger partial charge >= 0.3 is 0 Å². The van der Waals surface area contributed by atoms with Crippen molar-refractivity contribution in [2.45, 2.75) is 83.0 Å². The minimum absolute atomic E-state index is 0.102. The largest absolute Gasteiger partial charge is 0.411 e. The minimum atomic E-state index is -1.70. The van der Waals surface area contributed by atoms with Crippen molar-refractivity contribution in [3.8, 4) is 0 Å². The van der Waals surface area contributed by atoms with E-state index in [-0.39, 0.29) is 10.6 Å². The summed E-state index contributed by atoms with van der Waals surface area (Å²) >= 11 is 0. The highest BCUT2D eigenvalue weighted by atomic mass is 28.4. The van der Waals surface area contributed by atoms with Gasteiger partial charge in [-0.05, 0) is 62.6 Å². The molecule has 0 aliphatic heterocycles. The summed E-state index contributed by atoms with van der Waals surface area (Å²) < 4.78 is 6.89. The molecule has 0 aromatic rings. The average molecular weight is 295 g/mol. The summed E-state index contributed by atoms with van der Waals surface area (Å²) in [6.45, 7) is 19.6. The zero-order chi connectivity index (χ0) is 15.4. The van der Waals surface area contributed by atoms with Crippen molar-refractivity contribution in [2.24, 2.45) is 5.92 Å². The lowest BCUT2D eigenvalue weighted by Gasteiger charge is -2.44. The lowest BCUT2D eigenvalue weighted by atomic mass is 9.93. The van der Waals surface area contributed by atoms with E-state index in [1.807, 2.05) is 6.08 Å². The van der Waals surface area contributed by atoms with Gasteiger partial charge in [-0.1, -0.05) is 32.9 Å². The molecule has 0 spiro atoms. The van der Waals surface area contributed by atoms with Crippen molar-refractivity contribution in [2.75, 3.05) is 0 Å². The Morgan fingerprint density at radius 3 is 2.40 bits per heavy atom. The number of hydrogen-bond acceptors (Lipinski definition) is 1. The topological polar surface area (TPSA) is 9.23 Å². The van der Waals surface area contributed by atoms with E-state index in [2.05, 4.69) is 53.1 Å². The van der Waals surface area contributed by atoms with E-state index in [0.29, 0.717) is 5.92 Å². The first-order chi connectivity index (χ1) is 9.16. The Balaban J connectivity index is 2.83. The molecule has 1 fully saturated rings. The van der Waals surface area contributed by atoms with Crippen LogP contribution in [0.15, 0.2) is 25.3 Å². The smallest absolute Gasteiger partial charge is 0.192 e. The lowest BCUT2D eigenvalue weighted by Crippen LogP contribution is -2.49. The highest BCUT2D eigenvalue weighted by molar-refractivity contribution is 6.74. The van der Waals surface area contributed by atoms with Crippen molar-refractivity contribution >= 4 is 8.32 Å². The molecule has 0 bridgehead atoms. The van der Waals surface area contributed by atoms with Gasteiger partial charge in [-0.3, -0.25) is 0 Å². The number of rotatable bonds is 7. The van der Waals surface area contributed by atoms with Crippen LogP contribution in [-0.2, 0) is 4.43 Å². The molecule has 1 rings (SSSR count). The van der Waals surface area contributed by atoms with Crippen LogP contribution in [0.25, 0.3) is 0 Å². The molecule has 0 aromatic carbocycles. The van der Waals surface area contributed by atoms with Gasteiger partial charge in [-0.25, -0.2) is 0 Å². The Labute approximate surface area is 127 Å². The maximum absolute atomic E-state index is 6.89. The number of hydrogen-bond donors (Lipinski definition) is 0. The second-order valence-corrected chi connectivity index (χ2v) is 12.7. The van der Waals surface area contributed by atoms with E-state index in [4.69, 9.17) is 4.43 Å². The Morgan fingerprint density at radius 1 is 1.30 bits per heavy atom. The van der Waals surface area contributed by atoms with Crippen LogP contribution in [0.3, 0.4) is 0 Å². The van der Waals surface area contributed by atoms with Crippen LogP contribution in [-0.4, -0.2) is 13.9 Å². The van der Waals surface area contributed by atoms with Gasteiger partial charge in [-0.15, -0.1) is 13.2 Å². The second-order valence-electron chi connectivity index (χ2n) is 7.96. The molecule has 1 aliphatic carbocycles. The third kappa shape index (κ3) is 4.32. The predicted octanol–water partition coefficient (Wildman–Crippen LogP) is 6.09. The molecule has 0 aromatic heterocycles. The van der Waals surface area contributed by atoms with Crippen LogP contribution >= 0.6 is 0 Å². The molecule has 1 unspecified atom stereocenters. The van der Waals surface area contributed by atoms with Crippen LogP contribution in [0.1, 0.15) is 59.3 Å². The van der Waals surface area contributed by atoms with Crippen molar-refractivity contribution in [3.63, 3.8) is 0 Å². The third-order valence-corrected chi connectivity index (χ3v) is 9.81. The first-order valence-electron chi connectivity index (χ1n) is 8.09. The highest BCUT2D eigenvalue weighted by Gasteiger charge is 2.47. The van der Waals surface area contributed by atoms with Crippen LogP contribution in [0.2, 0.25) is 18.1 Å². The van der Waals surface area contributed by atoms with Gasteiger partial charge in [0.2, 0.25) is 0 Å². The molecule has 0 heterocycles. The fraction of sp³-hybridized carbons (Fsp3) is 0.778. The van der Waals surface area contributed by atoms with E-state index in [0.717, 1.165) is 6.42 Å². The summed E-state index contributed by atoms with van der Waals surface area (Å²) in [6, 6.07) is 0. The molecule has 1 nitrogen and oxygen atoms in total. The fourth-order valence-corrected chi connectivity index (χ4v) is 4.64. The molecule has 20 heavy (non-hydrogen) atoms. The average Bonchev–Trinajstić information content (AvgIpc) is 2.71. The van der Waals surface area contributed by atoms with Gasteiger partial charge in [0.1, 0.15) is 0 Å². The van der Waals surface area contributed by atoms with Crippen LogP contribution in [0.5, 0.6) is 0 Å². The molecule has 0 saturated heterocycles. The standard InChI is InChI=1S/C18H34OSi/c1-8-10-11-13-18(14-12-16(9-2)15-18)19-20(6,7)17(3,4)5/h8-9,16H,1-2,10-15H2,3-7H3/t16?,18-/m0/s1. The predicted molar refractivity (Wildman–Crippen MR) is 92.6 cm³/mol. The Hall–Kier alpha value is -0.343. The maximum Gasteiger partial charge on any atom is 0.192 e. The van der Waals surface area contributed by atoms with Crippen LogP contribution < -0.4 is 0 Å². The van der Waals surface area contributed by atoms with Gasteiger partial charge in [-0.2, -0.15) is 0 Å². The van der Waals surface area contributed by atoms with E-state index < -0.39 is 8.32 Å². The van der Waals surface area contributed by atoms with E-state index >= 15 is 0 Å². The summed E-state index contributed by atoms with van der Waals surface area (Å²) in [7, 11) is -1.70. The minimum Gasteiger partial charge on any atom is -0.411 e. The highest BCUT2D eigenvalue weighted by Crippen LogP contribution is 2.47. The Kier molecular flexibility index (Phi) is 5.86. The second kappa shape index (κ2) is 6.61. The molecular formula is C18H34OSi. The van der Waals surface area contributed by atoms with Gasteiger partial charge in [0.05, 0.1) is 5.60 Å². The first kappa shape index (κ1) is 17.7. The van der Waals surface area contributed by atoms with Gasteiger partial charge in [0.25, 0.3) is 0 Å². The van der Waals surface area contributed by atoms with Crippen molar-refractivity contribution < 1.29 is 4.43 Å². The normalized spacial score (nSPS) is 27.6. The lowest BCUT2D eigenvalue weighted by molar-refractivity contribution is 0.0468. The fourth-order valence-electron chi connectivity index (χ4n) is 2.97. The molecule has 1 aliphatic rings. The summed E-state index contributed by atoms with van der Waals surface area (Å²) in [5.41, 5.74) is 0.102. The van der Waals surface area contributed by atoms with E-state index in [1.54, 1.807) is 0 Å². The number of allylic oxidation sites excluding steroid dienone is 2. The van der Waals surface area contributed by atoms with Gasteiger partial charge < -0.3 is 4.43 Å². The number of unbranched alkanes of at least 4 members (excludes halogenated alkanes) is 1. The molecule has 116 valence electrons.